The summed E-state index contributed by atoms with van der Waals surface area (Å²) in [6.07, 6.45) is 2.60. The molecule has 144 valence electrons. The van der Waals surface area contributed by atoms with Crippen molar-refractivity contribution in [3.05, 3.63) is 41.3 Å². The molecule has 0 radical (unpaired) electrons. The van der Waals surface area contributed by atoms with E-state index in [0.29, 0.717) is 11.7 Å². The molecule has 4 heterocycles. The molecule has 1 N–H and O–H groups in total. The summed E-state index contributed by atoms with van der Waals surface area (Å²) in [7, 11) is 0. The minimum atomic E-state index is 0.483. The topological polar surface area (TPSA) is 80.1 Å². The molecule has 0 spiro atoms. The van der Waals surface area contributed by atoms with Crippen LogP contribution in [0.4, 0.5) is 0 Å². The lowest BCUT2D eigenvalue weighted by Crippen LogP contribution is -2.35. The molecule has 1 aromatic carbocycles. The fourth-order valence-electron chi connectivity index (χ4n) is 4.01. The Morgan fingerprint density at radius 1 is 1.14 bits per heavy atom. The lowest BCUT2D eigenvalue weighted by Gasteiger charge is -2.26. The highest BCUT2D eigenvalue weighted by molar-refractivity contribution is 6.11. The van der Waals surface area contributed by atoms with Crippen LogP contribution in [0.25, 0.3) is 33.4 Å². The molecule has 1 aliphatic rings. The van der Waals surface area contributed by atoms with Crippen LogP contribution in [0.2, 0.25) is 0 Å². The quantitative estimate of drug-likeness (QED) is 0.587. The Morgan fingerprint density at radius 2 is 2.00 bits per heavy atom. The van der Waals surface area contributed by atoms with Gasteiger partial charge in [-0.2, -0.15) is 4.98 Å². The first-order valence-electron chi connectivity index (χ1n) is 9.76. The first kappa shape index (κ1) is 17.3. The number of benzene rings is 1. The van der Waals surface area contributed by atoms with E-state index in [-0.39, 0.29) is 0 Å². The second-order valence-corrected chi connectivity index (χ2v) is 7.24. The van der Waals surface area contributed by atoms with Gasteiger partial charge in [0.2, 0.25) is 0 Å². The normalized spacial score (nSPS) is 15.6. The van der Waals surface area contributed by atoms with Crippen molar-refractivity contribution in [2.24, 2.45) is 0 Å². The van der Waals surface area contributed by atoms with E-state index in [4.69, 9.17) is 9.26 Å². The number of nitrogens with one attached hydrogen (secondary N) is 1. The van der Waals surface area contributed by atoms with E-state index in [1.54, 1.807) is 0 Å². The van der Waals surface area contributed by atoms with Crippen molar-refractivity contribution in [2.45, 2.75) is 26.8 Å². The number of aromatic amines is 1. The average molecular weight is 377 g/mol. The van der Waals surface area contributed by atoms with Gasteiger partial charge in [0.25, 0.3) is 5.89 Å². The van der Waals surface area contributed by atoms with Crippen molar-refractivity contribution in [1.82, 2.24) is 25.0 Å². The minimum absolute atomic E-state index is 0.483. The van der Waals surface area contributed by atoms with Crippen LogP contribution in [0.5, 0.6) is 0 Å². The monoisotopic (exact) mass is 377 g/mol. The number of H-pyrrole nitrogens is 1. The van der Waals surface area contributed by atoms with E-state index in [2.05, 4.69) is 50.1 Å². The molecule has 7 heteroatoms. The molecule has 0 bridgehead atoms. The lowest BCUT2D eigenvalue weighted by atomic mass is 10.0. The average Bonchev–Trinajstić information content (AvgIpc) is 3.34. The number of morpholine rings is 1. The van der Waals surface area contributed by atoms with E-state index >= 15 is 0 Å². The van der Waals surface area contributed by atoms with Gasteiger partial charge in [0.15, 0.2) is 5.82 Å². The first-order chi connectivity index (χ1) is 13.7. The van der Waals surface area contributed by atoms with Crippen LogP contribution in [0, 0.1) is 6.92 Å². The number of ether oxygens (including phenoxy) is 1. The van der Waals surface area contributed by atoms with E-state index in [1.807, 2.05) is 13.1 Å². The third-order valence-corrected chi connectivity index (χ3v) is 5.48. The van der Waals surface area contributed by atoms with Crippen molar-refractivity contribution in [1.29, 1.82) is 0 Å². The third kappa shape index (κ3) is 2.87. The molecule has 1 aliphatic heterocycles. The number of hydrogen-bond acceptors (Lipinski definition) is 6. The van der Waals surface area contributed by atoms with Crippen LogP contribution in [-0.4, -0.2) is 51.3 Å². The highest BCUT2D eigenvalue weighted by Crippen LogP contribution is 2.34. The molecule has 0 amide bonds. The van der Waals surface area contributed by atoms with Crippen LogP contribution in [0.3, 0.4) is 0 Å². The summed E-state index contributed by atoms with van der Waals surface area (Å²) in [4.78, 5) is 15.0. The summed E-state index contributed by atoms with van der Waals surface area (Å²) in [5, 5.41) is 6.46. The van der Waals surface area contributed by atoms with Gasteiger partial charge in [0.1, 0.15) is 5.69 Å². The summed E-state index contributed by atoms with van der Waals surface area (Å²) in [6, 6.07) is 6.45. The van der Waals surface area contributed by atoms with Gasteiger partial charge in [-0.1, -0.05) is 24.2 Å². The zero-order chi connectivity index (χ0) is 19.1. The number of rotatable bonds is 4. The molecule has 0 aliphatic carbocycles. The standard InChI is InChI=1S/C21H23N5O2/c1-3-17-24-21(28-25-17)20-13(2)18-16(11-22-20)23-15-6-4-5-14(19(15)18)12-26-7-9-27-10-8-26/h4-6,11,23H,3,7-10,12H2,1-2H3. The Kier molecular flexibility index (Phi) is 4.33. The second-order valence-electron chi connectivity index (χ2n) is 7.24. The van der Waals surface area contributed by atoms with Crippen LogP contribution < -0.4 is 0 Å². The maximum absolute atomic E-state index is 5.50. The van der Waals surface area contributed by atoms with Gasteiger partial charge < -0.3 is 14.2 Å². The molecule has 0 saturated carbocycles. The minimum Gasteiger partial charge on any atom is -0.379 e. The van der Waals surface area contributed by atoms with E-state index < -0.39 is 0 Å². The summed E-state index contributed by atoms with van der Waals surface area (Å²) in [6.45, 7) is 8.53. The van der Waals surface area contributed by atoms with Gasteiger partial charge in [0.05, 0.1) is 24.9 Å². The second kappa shape index (κ2) is 7.00. The highest BCUT2D eigenvalue weighted by Gasteiger charge is 2.19. The molecule has 1 saturated heterocycles. The molecule has 7 nitrogen and oxygen atoms in total. The van der Waals surface area contributed by atoms with Gasteiger partial charge in [-0.25, -0.2) is 4.98 Å². The van der Waals surface area contributed by atoms with Gasteiger partial charge in [-0.05, 0) is 24.1 Å². The van der Waals surface area contributed by atoms with Gasteiger partial charge >= 0.3 is 0 Å². The third-order valence-electron chi connectivity index (χ3n) is 5.48. The van der Waals surface area contributed by atoms with Crippen molar-refractivity contribution in [2.75, 3.05) is 26.3 Å². The Hall–Kier alpha value is -2.77. The highest BCUT2D eigenvalue weighted by atomic mass is 16.5. The predicted octanol–water partition coefficient (Wildman–Crippen LogP) is 3.47. The molecule has 3 aromatic heterocycles. The molecule has 4 aromatic rings. The van der Waals surface area contributed by atoms with Crippen molar-refractivity contribution in [3.8, 4) is 11.6 Å². The zero-order valence-corrected chi connectivity index (χ0v) is 16.2. The van der Waals surface area contributed by atoms with Crippen LogP contribution in [-0.2, 0) is 17.7 Å². The Morgan fingerprint density at radius 3 is 2.79 bits per heavy atom. The Labute approximate surface area is 162 Å². The number of fused-ring (bicyclic) bond motifs is 3. The summed E-state index contributed by atoms with van der Waals surface area (Å²) < 4.78 is 11.0. The summed E-state index contributed by atoms with van der Waals surface area (Å²) in [5.41, 5.74) is 5.28. The first-order valence-corrected chi connectivity index (χ1v) is 9.76. The maximum atomic E-state index is 5.50. The summed E-state index contributed by atoms with van der Waals surface area (Å²) in [5.74, 6) is 1.18. The van der Waals surface area contributed by atoms with E-state index in [1.165, 1.54) is 16.3 Å². The van der Waals surface area contributed by atoms with Crippen molar-refractivity contribution < 1.29 is 9.26 Å². The molecule has 0 unspecified atom stereocenters. The molecule has 1 fully saturated rings. The predicted molar refractivity (Wildman–Crippen MR) is 107 cm³/mol. The fraction of sp³-hybridized carbons (Fsp3) is 0.381. The van der Waals surface area contributed by atoms with Gasteiger partial charge in [-0.3, -0.25) is 4.90 Å². The smallest absolute Gasteiger partial charge is 0.276 e. The number of pyridine rings is 1. The fourth-order valence-corrected chi connectivity index (χ4v) is 4.01. The lowest BCUT2D eigenvalue weighted by molar-refractivity contribution is 0.0344. The largest absolute Gasteiger partial charge is 0.379 e. The van der Waals surface area contributed by atoms with Gasteiger partial charge in [-0.15, -0.1) is 0 Å². The number of hydrogen-bond donors (Lipinski definition) is 1. The van der Waals surface area contributed by atoms with Crippen LogP contribution in [0.1, 0.15) is 23.9 Å². The van der Waals surface area contributed by atoms with E-state index in [0.717, 1.165) is 61.6 Å². The van der Waals surface area contributed by atoms with Crippen molar-refractivity contribution >= 4 is 21.8 Å². The summed E-state index contributed by atoms with van der Waals surface area (Å²) >= 11 is 0. The number of aryl methyl sites for hydroxylation is 2. The molecule has 28 heavy (non-hydrogen) atoms. The molecular formula is C21H23N5O2. The molecule has 5 rings (SSSR count). The maximum Gasteiger partial charge on any atom is 0.276 e. The Bertz CT molecular complexity index is 1140. The SMILES string of the molecule is CCc1noc(-c2ncc3[nH]c4cccc(CN5CCOCC5)c4c3c2C)n1. The number of nitrogens with zero attached hydrogens (tertiary/aromatic N) is 4. The molecule has 0 atom stereocenters. The van der Waals surface area contributed by atoms with E-state index in [9.17, 15) is 0 Å². The zero-order valence-electron chi connectivity index (χ0n) is 16.2. The van der Waals surface area contributed by atoms with Crippen LogP contribution >= 0.6 is 0 Å². The van der Waals surface area contributed by atoms with Gasteiger partial charge in [0, 0.05) is 42.3 Å². The Balaban J connectivity index is 1.66. The van der Waals surface area contributed by atoms with Crippen molar-refractivity contribution in [3.63, 3.8) is 0 Å². The number of aromatic nitrogens is 4. The molecular weight excluding hydrogens is 354 g/mol. The van der Waals surface area contributed by atoms with Crippen LogP contribution in [0.15, 0.2) is 28.9 Å².